The van der Waals surface area contributed by atoms with Gasteiger partial charge >= 0.3 is 10.4 Å². The van der Waals surface area contributed by atoms with Crippen molar-refractivity contribution in [1.82, 2.24) is 0 Å². The van der Waals surface area contributed by atoms with E-state index < -0.39 is 10.4 Å². The van der Waals surface area contributed by atoms with Crippen molar-refractivity contribution in [2.24, 2.45) is 0 Å². The van der Waals surface area contributed by atoms with Crippen LogP contribution in [0, 0.1) is 0 Å². The van der Waals surface area contributed by atoms with E-state index in [4.69, 9.17) is 9.66 Å². The molecule has 0 fully saturated rings. The van der Waals surface area contributed by atoms with Gasteiger partial charge in [-0.1, -0.05) is 0 Å². The summed E-state index contributed by atoms with van der Waals surface area (Å²) < 4.78 is 31.3. The summed E-state index contributed by atoms with van der Waals surface area (Å²) in [5.41, 5.74) is 0. The Morgan fingerprint density at radius 1 is 1.44 bits per heavy atom. The first-order chi connectivity index (χ1) is 4.06. The molecular formula is C3H8O5S. The molecule has 0 aliphatic heterocycles. The highest BCUT2D eigenvalue weighted by atomic mass is 32.3. The van der Waals surface area contributed by atoms with Crippen LogP contribution in [-0.2, 0) is 14.6 Å². The van der Waals surface area contributed by atoms with Crippen LogP contribution in [0.3, 0.4) is 0 Å². The molecule has 0 rings (SSSR count). The van der Waals surface area contributed by atoms with E-state index in [1.165, 1.54) is 0 Å². The highest BCUT2D eigenvalue weighted by Crippen LogP contribution is 1.87. The van der Waals surface area contributed by atoms with Gasteiger partial charge in [0, 0.05) is 6.61 Å². The van der Waals surface area contributed by atoms with Gasteiger partial charge in [0.2, 0.25) is 0 Å². The molecule has 0 heterocycles. The summed E-state index contributed by atoms with van der Waals surface area (Å²) in [6.45, 7) is -0.342. The zero-order valence-electron chi connectivity index (χ0n) is 4.65. The molecule has 0 amide bonds. The van der Waals surface area contributed by atoms with E-state index in [1.807, 2.05) is 0 Å². The summed E-state index contributed by atoms with van der Waals surface area (Å²) >= 11 is 0. The average Bonchev–Trinajstić information content (AvgIpc) is 1.63. The van der Waals surface area contributed by atoms with Crippen molar-refractivity contribution in [3.05, 3.63) is 0 Å². The molecule has 0 aromatic carbocycles. The first-order valence-electron chi connectivity index (χ1n) is 2.29. The topological polar surface area (TPSA) is 83.8 Å². The van der Waals surface area contributed by atoms with Gasteiger partial charge in [-0.3, -0.25) is 4.55 Å². The quantitative estimate of drug-likeness (QED) is 0.410. The smallest absolute Gasteiger partial charge is 0.396 e. The molecule has 0 spiro atoms. The van der Waals surface area contributed by atoms with Crippen molar-refractivity contribution in [3.63, 3.8) is 0 Å². The molecule has 0 bridgehead atoms. The molecule has 0 unspecified atom stereocenters. The van der Waals surface area contributed by atoms with E-state index in [1.54, 1.807) is 0 Å². The molecule has 0 aromatic rings. The van der Waals surface area contributed by atoms with Gasteiger partial charge in [0.05, 0.1) is 6.61 Å². The second-order valence-corrected chi connectivity index (χ2v) is 2.42. The van der Waals surface area contributed by atoms with Gasteiger partial charge in [0.1, 0.15) is 0 Å². The molecule has 56 valence electrons. The van der Waals surface area contributed by atoms with Crippen molar-refractivity contribution >= 4 is 10.4 Å². The predicted molar refractivity (Wildman–Crippen MR) is 29.2 cm³/mol. The summed E-state index contributed by atoms with van der Waals surface area (Å²) in [4.78, 5) is 0. The normalized spacial score (nSPS) is 11.8. The number of aliphatic hydroxyl groups is 1. The molecule has 0 aliphatic rings. The molecule has 0 saturated heterocycles. The lowest BCUT2D eigenvalue weighted by atomic mass is 10.5. The second kappa shape index (κ2) is 3.78. The van der Waals surface area contributed by atoms with Crippen LogP contribution in [0.5, 0.6) is 0 Å². The molecular weight excluding hydrogens is 148 g/mol. The van der Waals surface area contributed by atoms with Crippen LogP contribution in [-0.4, -0.2) is 31.3 Å². The summed E-state index contributed by atoms with van der Waals surface area (Å²) in [6.07, 6.45) is 0.194. The molecule has 2 N–H and O–H groups in total. The van der Waals surface area contributed by atoms with E-state index in [-0.39, 0.29) is 19.6 Å². The van der Waals surface area contributed by atoms with Crippen molar-refractivity contribution < 1.29 is 22.3 Å². The van der Waals surface area contributed by atoms with E-state index in [9.17, 15) is 8.42 Å². The van der Waals surface area contributed by atoms with Crippen LogP contribution in [0.2, 0.25) is 0 Å². The van der Waals surface area contributed by atoms with Crippen molar-refractivity contribution in [3.8, 4) is 0 Å². The summed E-state index contributed by atoms with van der Waals surface area (Å²) in [6, 6.07) is 0. The lowest BCUT2D eigenvalue weighted by Gasteiger charge is -1.94. The largest absolute Gasteiger partial charge is 0.397 e. The Morgan fingerprint density at radius 2 is 2.00 bits per heavy atom. The van der Waals surface area contributed by atoms with Gasteiger partial charge in [0.25, 0.3) is 0 Å². The standard InChI is InChI=1S/C3H8O5S/c4-2-1-3-8-9(5,6)7/h4H,1-3H2,(H,5,6,7). The van der Waals surface area contributed by atoms with Gasteiger partial charge in [0.15, 0.2) is 0 Å². The van der Waals surface area contributed by atoms with E-state index in [2.05, 4.69) is 4.18 Å². The molecule has 0 radical (unpaired) electrons. The third kappa shape index (κ3) is 7.83. The maximum Gasteiger partial charge on any atom is 0.397 e. The zero-order chi connectivity index (χ0) is 7.33. The summed E-state index contributed by atoms with van der Waals surface area (Å²) in [5.74, 6) is 0. The maximum absolute atomic E-state index is 9.76. The third-order valence-electron chi connectivity index (χ3n) is 0.535. The number of rotatable bonds is 4. The van der Waals surface area contributed by atoms with Crippen LogP contribution in [0.15, 0.2) is 0 Å². The highest BCUT2D eigenvalue weighted by Gasteiger charge is 2.01. The number of aliphatic hydroxyl groups excluding tert-OH is 1. The molecule has 9 heavy (non-hydrogen) atoms. The molecule has 6 heteroatoms. The summed E-state index contributed by atoms with van der Waals surface area (Å²) in [5, 5.41) is 8.11. The zero-order valence-corrected chi connectivity index (χ0v) is 5.47. The van der Waals surface area contributed by atoms with Crippen molar-refractivity contribution in [1.29, 1.82) is 0 Å². The first-order valence-corrected chi connectivity index (χ1v) is 3.65. The fourth-order valence-electron chi connectivity index (χ4n) is 0.229. The molecule has 0 aliphatic carbocycles. The fraction of sp³-hybridized carbons (Fsp3) is 1.00. The van der Waals surface area contributed by atoms with E-state index >= 15 is 0 Å². The number of hydrogen-bond donors (Lipinski definition) is 2. The van der Waals surface area contributed by atoms with Gasteiger partial charge < -0.3 is 5.11 Å². The van der Waals surface area contributed by atoms with Gasteiger partial charge in [-0.15, -0.1) is 0 Å². The molecule has 0 aromatic heterocycles. The lowest BCUT2D eigenvalue weighted by molar-refractivity contribution is 0.219. The Balaban J connectivity index is 3.30. The fourth-order valence-corrected chi connectivity index (χ4v) is 0.557. The minimum atomic E-state index is -4.31. The molecule has 5 nitrogen and oxygen atoms in total. The van der Waals surface area contributed by atoms with Crippen LogP contribution in [0.25, 0.3) is 0 Å². The predicted octanol–water partition coefficient (Wildman–Crippen LogP) is -0.812. The molecule has 0 atom stereocenters. The molecule has 0 saturated carbocycles. The first kappa shape index (κ1) is 8.83. The third-order valence-corrected chi connectivity index (χ3v) is 0.999. The average molecular weight is 156 g/mol. The maximum atomic E-state index is 9.76. The second-order valence-electron chi connectivity index (χ2n) is 1.33. The van der Waals surface area contributed by atoms with Crippen molar-refractivity contribution in [2.75, 3.05) is 13.2 Å². The SMILES string of the molecule is O=S(=O)(O)OCCCO. The Kier molecular flexibility index (Phi) is 3.71. The van der Waals surface area contributed by atoms with Gasteiger partial charge in [-0.25, -0.2) is 4.18 Å². The Hall–Kier alpha value is -0.170. The van der Waals surface area contributed by atoms with Gasteiger partial charge in [-0.2, -0.15) is 8.42 Å². The summed E-state index contributed by atoms with van der Waals surface area (Å²) in [7, 11) is -4.31. The Labute approximate surface area is 53.2 Å². The lowest BCUT2D eigenvalue weighted by Crippen LogP contribution is -2.05. The van der Waals surface area contributed by atoms with Crippen LogP contribution >= 0.6 is 0 Å². The monoisotopic (exact) mass is 156 g/mol. The van der Waals surface area contributed by atoms with Crippen molar-refractivity contribution in [2.45, 2.75) is 6.42 Å². The van der Waals surface area contributed by atoms with Crippen LogP contribution in [0.4, 0.5) is 0 Å². The minimum Gasteiger partial charge on any atom is -0.396 e. The van der Waals surface area contributed by atoms with Crippen LogP contribution < -0.4 is 0 Å². The van der Waals surface area contributed by atoms with E-state index in [0.717, 1.165) is 0 Å². The minimum absolute atomic E-state index is 0.157. The number of hydrogen-bond acceptors (Lipinski definition) is 4. The van der Waals surface area contributed by atoms with Gasteiger partial charge in [-0.05, 0) is 6.42 Å². The Morgan fingerprint density at radius 3 is 2.33 bits per heavy atom. The highest BCUT2D eigenvalue weighted by molar-refractivity contribution is 7.80. The Bertz CT molecular complexity index is 148. The van der Waals surface area contributed by atoms with Crippen LogP contribution in [0.1, 0.15) is 6.42 Å². The van der Waals surface area contributed by atoms with E-state index in [0.29, 0.717) is 0 Å².